The van der Waals surface area contributed by atoms with Crippen LogP contribution in [0.2, 0.25) is 0 Å². The summed E-state index contributed by atoms with van der Waals surface area (Å²) in [4.78, 5) is 37.1. The molecule has 5 aliphatic carbocycles. The molecule has 0 spiro atoms. The summed E-state index contributed by atoms with van der Waals surface area (Å²) in [6, 6.07) is 0. The lowest BCUT2D eigenvalue weighted by molar-refractivity contribution is -0.211. The quantitative estimate of drug-likeness (QED) is 0.419. The van der Waals surface area contributed by atoms with Gasteiger partial charge in [0.15, 0.2) is 5.78 Å². The van der Waals surface area contributed by atoms with Gasteiger partial charge in [-0.1, -0.05) is 41.5 Å². The molecule has 6 nitrogen and oxygen atoms in total. The molecule has 0 aliphatic heterocycles. The van der Waals surface area contributed by atoms with Crippen molar-refractivity contribution < 1.29 is 24.2 Å². The lowest BCUT2D eigenvalue weighted by Gasteiger charge is -2.68. The molecule has 0 aromatic carbocycles. The Morgan fingerprint density at radius 1 is 0.946 bits per heavy atom. The second-order valence-electron chi connectivity index (χ2n) is 14.5. The number of hydrogen-bond acceptors (Lipinski definition) is 4. The van der Waals surface area contributed by atoms with E-state index in [1.165, 1.54) is 6.92 Å². The molecule has 5 aliphatic rings. The Morgan fingerprint density at radius 2 is 1.62 bits per heavy atom. The third-order valence-electron chi connectivity index (χ3n) is 12.2. The standard InChI is InChI=1S/C31H47NO5/c1-17(2)25-21(34)16-31(32-27(35)36)15-10-20-19(26(25)31)8-9-23-29(20,6)13-11-22-28(4,5)24(37-18(3)33)12-14-30(22,23)7/h17,19-20,22-24,32H,8-16H2,1-7H3,(H,35,36)/t19?,20?,22?,23?,24-,29-,30-,31+/m0/s1. The van der Waals surface area contributed by atoms with Gasteiger partial charge in [0.2, 0.25) is 0 Å². The molecule has 0 aromatic heterocycles. The maximum Gasteiger partial charge on any atom is 0.405 e. The fourth-order valence-corrected chi connectivity index (χ4v) is 11.0. The number of ketones is 1. The molecule has 0 saturated heterocycles. The van der Waals surface area contributed by atoms with Crippen LogP contribution >= 0.6 is 0 Å². The number of carbonyl (C=O) groups excluding carboxylic acids is 2. The average molecular weight is 514 g/mol. The zero-order chi connectivity index (χ0) is 27.1. The highest BCUT2D eigenvalue weighted by molar-refractivity contribution is 6.02. The summed E-state index contributed by atoms with van der Waals surface area (Å²) in [5.74, 6) is 1.90. The van der Waals surface area contributed by atoms with Crippen molar-refractivity contribution in [3.8, 4) is 0 Å². The van der Waals surface area contributed by atoms with E-state index in [1.807, 2.05) is 0 Å². The van der Waals surface area contributed by atoms with Crippen molar-refractivity contribution >= 4 is 17.8 Å². The Balaban J connectivity index is 1.51. The fourth-order valence-electron chi connectivity index (χ4n) is 11.0. The predicted molar refractivity (Wildman–Crippen MR) is 142 cm³/mol. The molecular weight excluding hydrogens is 466 g/mol. The number of allylic oxidation sites excluding steroid dienone is 1. The van der Waals surface area contributed by atoms with Crippen molar-refractivity contribution in [1.29, 1.82) is 0 Å². The van der Waals surface area contributed by atoms with E-state index in [0.717, 1.165) is 62.5 Å². The minimum Gasteiger partial charge on any atom is -0.465 e. The van der Waals surface area contributed by atoms with Crippen LogP contribution < -0.4 is 5.32 Å². The number of Topliss-reactive ketones (excluding diaryl/α,β-unsaturated/α-hetero) is 1. The second-order valence-corrected chi connectivity index (χ2v) is 14.5. The number of esters is 1. The summed E-state index contributed by atoms with van der Waals surface area (Å²) >= 11 is 0. The van der Waals surface area contributed by atoms with Gasteiger partial charge in [0.05, 0.1) is 5.54 Å². The van der Waals surface area contributed by atoms with Gasteiger partial charge in [-0.05, 0) is 103 Å². The van der Waals surface area contributed by atoms with Crippen LogP contribution in [0.15, 0.2) is 11.1 Å². The van der Waals surface area contributed by atoms with Crippen molar-refractivity contribution in [2.45, 2.75) is 118 Å². The van der Waals surface area contributed by atoms with Gasteiger partial charge in [-0.2, -0.15) is 0 Å². The summed E-state index contributed by atoms with van der Waals surface area (Å²) < 4.78 is 5.85. The largest absolute Gasteiger partial charge is 0.465 e. The molecule has 2 N–H and O–H groups in total. The summed E-state index contributed by atoms with van der Waals surface area (Å²) in [5.41, 5.74) is 1.64. The summed E-state index contributed by atoms with van der Waals surface area (Å²) in [6.45, 7) is 15.4. The van der Waals surface area contributed by atoms with Gasteiger partial charge in [0, 0.05) is 18.8 Å². The van der Waals surface area contributed by atoms with Crippen molar-refractivity contribution in [2.24, 2.45) is 45.8 Å². The normalized spacial score (nSPS) is 44.4. The average Bonchev–Trinajstić information content (AvgIpc) is 3.06. The van der Waals surface area contributed by atoms with E-state index >= 15 is 0 Å². The van der Waals surface area contributed by atoms with Gasteiger partial charge < -0.3 is 15.2 Å². The molecule has 0 radical (unpaired) electrons. The third-order valence-corrected chi connectivity index (χ3v) is 12.2. The molecule has 0 heterocycles. The number of amides is 1. The van der Waals surface area contributed by atoms with Crippen LogP contribution in [0.3, 0.4) is 0 Å². The van der Waals surface area contributed by atoms with E-state index in [1.54, 1.807) is 0 Å². The van der Waals surface area contributed by atoms with E-state index in [2.05, 4.69) is 46.9 Å². The van der Waals surface area contributed by atoms with Gasteiger partial charge >= 0.3 is 12.1 Å². The highest BCUT2D eigenvalue weighted by Gasteiger charge is 2.66. The molecule has 5 rings (SSSR count). The molecule has 206 valence electrons. The number of rotatable bonds is 3. The summed E-state index contributed by atoms with van der Waals surface area (Å²) in [5, 5.41) is 12.6. The molecule has 6 heteroatoms. The molecule has 37 heavy (non-hydrogen) atoms. The van der Waals surface area contributed by atoms with Crippen molar-refractivity contribution in [1.82, 2.24) is 5.32 Å². The van der Waals surface area contributed by atoms with Gasteiger partial charge in [0.25, 0.3) is 0 Å². The molecule has 8 atom stereocenters. The van der Waals surface area contributed by atoms with Crippen LogP contribution in [0, 0.1) is 45.8 Å². The highest BCUT2D eigenvalue weighted by Crippen LogP contribution is 2.72. The number of carboxylic acid groups (broad SMARTS) is 1. The fraction of sp³-hybridized carbons (Fsp3) is 0.839. The van der Waals surface area contributed by atoms with Crippen LogP contribution in [-0.2, 0) is 14.3 Å². The Hall–Kier alpha value is -1.85. The van der Waals surface area contributed by atoms with Crippen LogP contribution in [0.25, 0.3) is 0 Å². The first kappa shape index (κ1) is 26.7. The lowest BCUT2D eigenvalue weighted by Crippen LogP contribution is -2.64. The van der Waals surface area contributed by atoms with Gasteiger partial charge in [-0.15, -0.1) is 0 Å². The van der Waals surface area contributed by atoms with Gasteiger partial charge in [-0.25, -0.2) is 4.79 Å². The van der Waals surface area contributed by atoms with E-state index < -0.39 is 11.6 Å². The Morgan fingerprint density at radius 3 is 2.24 bits per heavy atom. The smallest absolute Gasteiger partial charge is 0.405 e. The number of fused-ring (bicyclic) bond motifs is 7. The molecule has 0 aromatic rings. The SMILES string of the molecule is CC(=O)O[C@H]1CC[C@@]2(C)C(CC[C@@]3(C)C4CC[C@@]5(NC(=O)O)CC(=O)C(C(C)C)=C5C4CCC32)C1(C)C. The van der Waals surface area contributed by atoms with Crippen molar-refractivity contribution in [2.75, 3.05) is 0 Å². The number of nitrogens with one attached hydrogen (secondary N) is 1. The topological polar surface area (TPSA) is 92.7 Å². The molecule has 1 amide bonds. The van der Waals surface area contributed by atoms with Crippen LogP contribution in [-0.4, -0.2) is 34.6 Å². The van der Waals surface area contributed by atoms with E-state index in [-0.39, 0.29) is 52.4 Å². The molecule has 0 bridgehead atoms. The first-order valence-electron chi connectivity index (χ1n) is 14.6. The number of hydrogen-bond donors (Lipinski definition) is 2. The molecule has 4 unspecified atom stereocenters. The Bertz CT molecular complexity index is 1040. The minimum absolute atomic E-state index is 0.0237. The summed E-state index contributed by atoms with van der Waals surface area (Å²) in [6.07, 6.45) is 7.37. The Labute approximate surface area is 222 Å². The maximum absolute atomic E-state index is 13.3. The summed E-state index contributed by atoms with van der Waals surface area (Å²) in [7, 11) is 0. The van der Waals surface area contributed by atoms with Crippen molar-refractivity contribution in [3.05, 3.63) is 11.1 Å². The highest BCUT2D eigenvalue weighted by atomic mass is 16.5. The third kappa shape index (κ3) is 3.74. The van der Waals surface area contributed by atoms with E-state index in [9.17, 15) is 19.5 Å². The van der Waals surface area contributed by atoms with Crippen LogP contribution in [0.1, 0.15) is 106 Å². The zero-order valence-corrected chi connectivity index (χ0v) is 23.9. The van der Waals surface area contributed by atoms with Gasteiger partial charge in [-0.3, -0.25) is 9.59 Å². The van der Waals surface area contributed by atoms with Crippen LogP contribution in [0.4, 0.5) is 4.79 Å². The second kappa shape index (κ2) is 8.58. The predicted octanol–water partition coefficient (Wildman–Crippen LogP) is 6.53. The first-order chi connectivity index (χ1) is 17.2. The van der Waals surface area contributed by atoms with E-state index in [0.29, 0.717) is 17.8 Å². The van der Waals surface area contributed by atoms with Crippen LogP contribution in [0.5, 0.6) is 0 Å². The number of carbonyl (C=O) groups is 3. The molecule has 4 fully saturated rings. The number of ether oxygens (including phenoxy) is 1. The maximum atomic E-state index is 13.3. The van der Waals surface area contributed by atoms with Crippen molar-refractivity contribution in [3.63, 3.8) is 0 Å². The molecule has 4 saturated carbocycles. The lowest BCUT2D eigenvalue weighted by atomic mass is 9.37. The van der Waals surface area contributed by atoms with E-state index in [4.69, 9.17) is 4.74 Å². The monoisotopic (exact) mass is 513 g/mol. The molecular formula is C31H47NO5. The van der Waals surface area contributed by atoms with Gasteiger partial charge in [0.1, 0.15) is 6.10 Å². The Kier molecular flexibility index (Phi) is 6.20. The minimum atomic E-state index is -1.02. The first-order valence-corrected chi connectivity index (χ1v) is 14.6. The zero-order valence-electron chi connectivity index (χ0n) is 23.9.